The molecule has 0 aromatic heterocycles. The minimum atomic E-state index is 0.325. The standard InChI is InChI=1S/C15H18O/c16-6-10-4-9-5-11(10)15-13-8-2-1-7(3-8)12(13)14(9)15/h1-2,4,7-9,11-16H,3,5-6H2/t7-,8+,9-,11-,12+,13-,14-,15+/m0/s1. The van der Waals surface area contributed by atoms with Crippen molar-refractivity contribution >= 4 is 0 Å². The number of hydrogen-bond donors (Lipinski definition) is 1. The van der Waals surface area contributed by atoms with Crippen LogP contribution < -0.4 is 0 Å². The van der Waals surface area contributed by atoms with Gasteiger partial charge in [-0.3, -0.25) is 0 Å². The second-order valence-corrected chi connectivity index (χ2v) is 6.66. The molecular formula is C15H18O. The topological polar surface area (TPSA) is 20.2 Å². The van der Waals surface area contributed by atoms with E-state index in [1.54, 1.807) is 0 Å². The molecule has 5 rings (SSSR count). The lowest BCUT2D eigenvalue weighted by atomic mass is 9.49. The summed E-state index contributed by atoms with van der Waals surface area (Å²) in [5.41, 5.74) is 1.39. The molecule has 0 amide bonds. The van der Waals surface area contributed by atoms with Gasteiger partial charge in [-0.05, 0) is 65.8 Å². The fraction of sp³-hybridized carbons (Fsp3) is 0.733. The van der Waals surface area contributed by atoms with Crippen LogP contribution in [0.15, 0.2) is 23.8 Å². The van der Waals surface area contributed by atoms with E-state index >= 15 is 0 Å². The van der Waals surface area contributed by atoms with E-state index < -0.39 is 0 Å². The van der Waals surface area contributed by atoms with Crippen LogP contribution in [0.25, 0.3) is 0 Å². The van der Waals surface area contributed by atoms with Crippen LogP contribution in [0, 0.1) is 47.3 Å². The van der Waals surface area contributed by atoms with Crippen molar-refractivity contribution in [2.75, 3.05) is 6.61 Å². The molecule has 16 heavy (non-hydrogen) atoms. The van der Waals surface area contributed by atoms with Gasteiger partial charge >= 0.3 is 0 Å². The monoisotopic (exact) mass is 214 g/mol. The van der Waals surface area contributed by atoms with Crippen molar-refractivity contribution in [1.82, 2.24) is 0 Å². The zero-order valence-electron chi connectivity index (χ0n) is 9.42. The van der Waals surface area contributed by atoms with Gasteiger partial charge in [0.25, 0.3) is 0 Å². The average molecular weight is 214 g/mol. The summed E-state index contributed by atoms with van der Waals surface area (Å²) in [6.07, 6.45) is 10.3. The smallest absolute Gasteiger partial charge is 0.0644 e. The quantitative estimate of drug-likeness (QED) is 0.664. The van der Waals surface area contributed by atoms with Crippen molar-refractivity contribution in [3.05, 3.63) is 23.8 Å². The molecule has 0 aromatic rings. The van der Waals surface area contributed by atoms with Gasteiger partial charge in [0.05, 0.1) is 6.61 Å². The van der Waals surface area contributed by atoms with Gasteiger partial charge in [0.15, 0.2) is 0 Å². The maximum atomic E-state index is 9.41. The van der Waals surface area contributed by atoms with Crippen LogP contribution in [0.1, 0.15) is 12.8 Å². The van der Waals surface area contributed by atoms with E-state index in [0.29, 0.717) is 6.61 Å². The number of allylic oxidation sites excluding steroid dienone is 3. The fourth-order valence-corrected chi connectivity index (χ4v) is 6.21. The molecule has 1 heteroatoms. The molecule has 4 bridgehead atoms. The van der Waals surface area contributed by atoms with Gasteiger partial charge in [0, 0.05) is 0 Å². The molecule has 0 aromatic carbocycles. The molecule has 0 aliphatic heterocycles. The Hall–Kier alpha value is -0.560. The summed E-state index contributed by atoms with van der Waals surface area (Å²) in [7, 11) is 0. The van der Waals surface area contributed by atoms with Crippen molar-refractivity contribution in [1.29, 1.82) is 0 Å². The molecule has 1 N–H and O–H groups in total. The van der Waals surface area contributed by atoms with E-state index in [1.807, 2.05) is 0 Å². The molecule has 0 heterocycles. The summed E-state index contributed by atoms with van der Waals surface area (Å²) < 4.78 is 0. The summed E-state index contributed by atoms with van der Waals surface area (Å²) in [6.45, 7) is 0.325. The zero-order chi connectivity index (χ0) is 10.4. The van der Waals surface area contributed by atoms with Gasteiger partial charge in [-0.15, -0.1) is 0 Å². The Kier molecular flexibility index (Phi) is 1.32. The maximum Gasteiger partial charge on any atom is 0.0644 e. The van der Waals surface area contributed by atoms with E-state index in [4.69, 9.17) is 0 Å². The van der Waals surface area contributed by atoms with Crippen molar-refractivity contribution in [2.45, 2.75) is 12.8 Å². The number of hydrogen-bond acceptors (Lipinski definition) is 1. The second kappa shape index (κ2) is 2.48. The molecule has 0 radical (unpaired) electrons. The third kappa shape index (κ3) is 0.702. The highest BCUT2D eigenvalue weighted by molar-refractivity contribution is 5.33. The molecule has 8 atom stereocenters. The van der Waals surface area contributed by atoms with Crippen LogP contribution in [0.2, 0.25) is 0 Å². The first-order valence-electron chi connectivity index (χ1n) is 6.88. The summed E-state index contributed by atoms with van der Waals surface area (Å²) in [6, 6.07) is 0. The highest BCUT2D eigenvalue weighted by Crippen LogP contribution is 2.73. The molecule has 84 valence electrons. The van der Waals surface area contributed by atoms with Crippen LogP contribution >= 0.6 is 0 Å². The molecular weight excluding hydrogens is 196 g/mol. The zero-order valence-corrected chi connectivity index (χ0v) is 9.42. The highest BCUT2D eigenvalue weighted by Gasteiger charge is 2.68. The minimum absolute atomic E-state index is 0.325. The fourth-order valence-electron chi connectivity index (χ4n) is 6.21. The van der Waals surface area contributed by atoms with E-state index in [1.165, 1.54) is 18.4 Å². The first-order valence-corrected chi connectivity index (χ1v) is 6.88. The molecule has 3 fully saturated rings. The van der Waals surface area contributed by atoms with Crippen LogP contribution in [0.5, 0.6) is 0 Å². The molecule has 1 nitrogen and oxygen atoms in total. The lowest BCUT2D eigenvalue weighted by Gasteiger charge is -2.55. The predicted octanol–water partition coefficient (Wildman–Crippen LogP) is 2.24. The van der Waals surface area contributed by atoms with E-state index in [2.05, 4.69) is 18.2 Å². The highest BCUT2D eigenvalue weighted by atomic mass is 16.3. The second-order valence-electron chi connectivity index (χ2n) is 6.66. The summed E-state index contributed by atoms with van der Waals surface area (Å²) in [4.78, 5) is 0. The summed E-state index contributed by atoms with van der Waals surface area (Å²) in [5, 5.41) is 9.41. The minimum Gasteiger partial charge on any atom is -0.392 e. The Morgan fingerprint density at radius 2 is 1.62 bits per heavy atom. The number of fused-ring (bicyclic) bond motifs is 12. The van der Waals surface area contributed by atoms with Gasteiger partial charge in [-0.1, -0.05) is 18.2 Å². The van der Waals surface area contributed by atoms with Gasteiger partial charge in [0.2, 0.25) is 0 Å². The number of aliphatic hydroxyl groups excluding tert-OH is 1. The van der Waals surface area contributed by atoms with E-state index in [-0.39, 0.29) is 0 Å². The van der Waals surface area contributed by atoms with Crippen LogP contribution in [-0.4, -0.2) is 11.7 Å². The summed E-state index contributed by atoms with van der Waals surface area (Å²) in [5.74, 6) is 7.46. The predicted molar refractivity (Wildman–Crippen MR) is 61.5 cm³/mol. The summed E-state index contributed by atoms with van der Waals surface area (Å²) >= 11 is 0. The van der Waals surface area contributed by atoms with Crippen LogP contribution in [0.4, 0.5) is 0 Å². The lowest BCUT2D eigenvalue weighted by Crippen LogP contribution is -2.51. The Labute approximate surface area is 96.2 Å². The SMILES string of the molecule is OCC1=C[C@H]2C[C@@H]1[C@@H]1[C@@H]3[C@H]([C@@H]12)[C@H]1C=C[C@@H]3C1. The van der Waals surface area contributed by atoms with Gasteiger partial charge in [-0.25, -0.2) is 0 Å². The average Bonchev–Trinajstić information content (AvgIpc) is 2.95. The third-order valence-corrected chi connectivity index (χ3v) is 6.49. The molecule has 0 unspecified atom stereocenters. The number of aliphatic hydroxyl groups is 1. The first-order chi connectivity index (χ1) is 7.88. The van der Waals surface area contributed by atoms with E-state index in [0.717, 1.165) is 47.3 Å². The van der Waals surface area contributed by atoms with Crippen molar-refractivity contribution in [3.63, 3.8) is 0 Å². The van der Waals surface area contributed by atoms with Crippen LogP contribution in [-0.2, 0) is 0 Å². The Morgan fingerprint density at radius 1 is 0.938 bits per heavy atom. The maximum absolute atomic E-state index is 9.41. The Morgan fingerprint density at radius 3 is 2.38 bits per heavy atom. The normalized spacial score (nSPS) is 63.2. The van der Waals surface area contributed by atoms with Gasteiger partial charge < -0.3 is 5.11 Å². The molecule has 5 aliphatic carbocycles. The van der Waals surface area contributed by atoms with Crippen molar-refractivity contribution in [3.8, 4) is 0 Å². The van der Waals surface area contributed by atoms with Crippen LogP contribution in [0.3, 0.4) is 0 Å². The lowest BCUT2D eigenvalue weighted by molar-refractivity contribution is -0.0414. The third-order valence-electron chi connectivity index (χ3n) is 6.49. The molecule has 5 aliphatic rings. The Balaban J connectivity index is 1.57. The van der Waals surface area contributed by atoms with Crippen molar-refractivity contribution < 1.29 is 5.11 Å². The first kappa shape index (κ1) is 8.52. The van der Waals surface area contributed by atoms with Crippen molar-refractivity contribution in [2.24, 2.45) is 47.3 Å². The van der Waals surface area contributed by atoms with Gasteiger partial charge in [0.1, 0.15) is 0 Å². The Bertz CT molecular complexity index is 421. The largest absolute Gasteiger partial charge is 0.392 e. The molecule has 3 saturated carbocycles. The number of rotatable bonds is 1. The van der Waals surface area contributed by atoms with Gasteiger partial charge in [-0.2, -0.15) is 0 Å². The molecule has 0 spiro atoms. The molecule has 0 saturated heterocycles. The van der Waals surface area contributed by atoms with E-state index in [9.17, 15) is 5.11 Å².